The Morgan fingerprint density at radius 3 is 2.05 bits per heavy atom. The molecule has 0 aromatic heterocycles. The van der Waals surface area contributed by atoms with Gasteiger partial charge in [0.05, 0.1) is 5.92 Å². The van der Waals surface area contributed by atoms with Gasteiger partial charge in [0, 0.05) is 12.5 Å². The van der Waals surface area contributed by atoms with E-state index in [1.54, 1.807) is 0 Å². The molecule has 0 saturated carbocycles. The molecule has 2 amide bonds. The van der Waals surface area contributed by atoms with Gasteiger partial charge in [0.25, 0.3) is 0 Å². The van der Waals surface area contributed by atoms with Crippen molar-refractivity contribution in [3.05, 3.63) is 35.9 Å². The molecular formula is C15H23N5O2. The standard InChI is InChI=1S/C15H23N5O2/c16-13(21)11(7-4-8-20-15(18)19)12(14(17)22)9-10-5-2-1-3-6-10/h1-3,5-6,11-12H,4,7-9H2,(H2,16,21)(H2,17,22)(H4,18,19,20)/t11?,12-/m1/s1. The molecule has 22 heavy (non-hydrogen) atoms. The number of nitrogens with zero attached hydrogens (tertiary/aromatic N) is 1. The van der Waals surface area contributed by atoms with Gasteiger partial charge in [-0.25, -0.2) is 0 Å². The number of carbonyl (C=O) groups excluding carboxylic acids is 2. The second kappa shape index (κ2) is 8.66. The van der Waals surface area contributed by atoms with Crippen LogP contribution in [0.1, 0.15) is 18.4 Å². The molecule has 0 saturated heterocycles. The van der Waals surface area contributed by atoms with Gasteiger partial charge in [-0.05, 0) is 24.8 Å². The Morgan fingerprint density at radius 2 is 1.55 bits per heavy atom. The first-order valence-corrected chi connectivity index (χ1v) is 7.09. The van der Waals surface area contributed by atoms with E-state index in [4.69, 9.17) is 22.9 Å². The second-order valence-corrected chi connectivity index (χ2v) is 5.16. The smallest absolute Gasteiger partial charge is 0.221 e. The van der Waals surface area contributed by atoms with Gasteiger partial charge in [-0.3, -0.25) is 14.6 Å². The summed E-state index contributed by atoms with van der Waals surface area (Å²) in [4.78, 5) is 27.3. The average Bonchev–Trinajstić information content (AvgIpc) is 2.45. The minimum Gasteiger partial charge on any atom is -0.370 e. The molecular weight excluding hydrogens is 282 g/mol. The van der Waals surface area contributed by atoms with Crippen molar-refractivity contribution in [2.45, 2.75) is 19.3 Å². The van der Waals surface area contributed by atoms with E-state index < -0.39 is 23.7 Å². The fraction of sp³-hybridized carbons (Fsp3) is 0.400. The molecule has 8 N–H and O–H groups in total. The van der Waals surface area contributed by atoms with Gasteiger partial charge >= 0.3 is 0 Å². The van der Waals surface area contributed by atoms with Crippen LogP contribution in [0.2, 0.25) is 0 Å². The van der Waals surface area contributed by atoms with E-state index in [2.05, 4.69) is 4.99 Å². The van der Waals surface area contributed by atoms with Crippen molar-refractivity contribution in [1.29, 1.82) is 0 Å². The summed E-state index contributed by atoms with van der Waals surface area (Å²) in [6.45, 7) is 0.378. The highest BCUT2D eigenvalue weighted by molar-refractivity contribution is 5.86. The lowest BCUT2D eigenvalue weighted by molar-refractivity contribution is -0.131. The Hall–Kier alpha value is -2.57. The van der Waals surface area contributed by atoms with Crippen LogP contribution < -0.4 is 22.9 Å². The molecule has 120 valence electrons. The van der Waals surface area contributed by atoms with Crippen LogP contribution in [-0.2, 0) is 16.0 Å². The van der Waals surface area contributed by atoms with Crippen molar-refractivity contribution in [3.63, 3.8) is 0 Å². The van der Waals surface area contributed by atoms with Crippen molar-refractivity contribution < 1.29 is 9.59 Å². The molecule has 0 fully saturated rings. The molecule has 2 atom stereocenters. The third-order valence-electron chi connectivity index (χ3n) is 3.48. The van der Waals surface area contributed by atoms with Crippen LogP contribution >= 0.6 is 0 Å². The van der Waals surface area contributed by atoms with E-state index in [9.17, 15) is 9.59 Å². The molecule has 0 aliphatic rings. The number of carbonyl (C=O) groups is 2. The highest BCUT2D eigenvalue weighted by Gasteiger charge is 2.30. The van der Waals surface area contributed by atoms with Crippen LogP contribution in [-0.4, -0.2) is 24.3 Å². The van der Waals surface area contributed by atoms with Crippen LogP contribution in [0.15, 0.2) is 35.3 Å². The van der Waals surface area contributed by atoms with Crippen molar-refractivity contribution >= 4 is 17.8 Å². The zero-order valence-electron chi connectivity index (χ0n) is 12.4. The fourth-order valence-corrected chi connectivity index (χ4v) is 2.37. The van der Waals surface area contributed by atoms with E-state index in [0.29, 0.717) is 25.8 Å². The first kappa shape index (κ1) is 17.5. The minimum absolute atomic E-state index is 0.00800. The first-order chi connectivity index (χ1) is 10.4. The Bertz CT molecular complexity index is 526. The second-order valence-electron chi connectivity index (χ2n) is 5.16. The molecule has 1 aromatic rings. The molecule has 0 radical (unpaired) electrons. The maximum Gasteiger partial charge on any atom is 0.221 e. The maximum absolute atomic E-state index is 11.7. The van der Waals surface area contributed by atoms with Crippen LogP contribution in [0.3, 0.4) is 0 Å². The van der Waals surface area contributed by atoms with Gasteiger partial charge in [-0.1, -0.05) is 30.3 Å². The van der Waals surface area contributed by atoms with Crippen LogP contribution in [0.5, 0.6) is 0 Å². The largest absolute Gasteiger partial charge is 0.370 e. The van der Waals surface area contributed by atoms with Gasteiger partial charge in [-0.2, -0.15) is 0 Å². The third kappa shape index (κ3) is 5.82. The number of hydrogen-bond acceptors (Lipinski definition) is 3. The van der Waals surface area contributed by atoms with Crippen LogP contribution in [0.25, 0.3) is 0 Å². The summed E-state index contributed by atoms with van der Waals surface area (Å²) in [6.07, 6.45) is 1.34. The number of hydrogen-bond donors (Lipinski definition) is 4. The lowest BCUT2D eigenvalue weighted by atomic mass is 9.83. The van der Waals surface area contributed by atoms with Crippen molar-refractivity contribution in [2.75, 3.05) is 6.54 Å². The maximum atomic E-state index is 11.7. The monoisotopic (exact) mass is 305 g/mol. The first-order valence-electron chi connectivity index (χ1n) is 7.09. The normalized spacial score (nSPS) is 13.1. The van der Waals surface area contributed by atoms with Crippen molar-refractivity contribution in [3.8, 4) is 0 Å². The zero-order chi connectivity index (χ0) is 16.5. The summed E-state index contributed by atoms with van der Waals surface area (Å²) in [6, 6.07) is 9.38. The molecule has 1 aromatic carbocycles. The van der Waals surface area contributed by atoms with E-state index in [0.717, 1.165) is 5.56 Å². The SMILES string of the molecule is NC(=O)C(CCCN=C(N)N)[C@@H](Cc1ccccc1)C(N)=O. The lowest BCUT2D eigenvalue weighted by Gasteiger charge is -2.22. The minimum atomic E-state index is -0.640. The zero-order valence-corrected chi connectivity index (χ0v) is 12.4. The molecule has 1 rings (SSSR count). The molecule has 0 aliphatic heterocycles. The summed E-state index contributed by atoms with van der Waals surface area (Å²) < 4.78 is 0. The predicted octanol–water partition coefficient (Wildman–Crippen LogP) is -0.514. The van der Waals surface area contributed by atoms with Crippen molar-refractivity contribution in [1.82, 2.24) is 0 Å². The van der Waals surface area contributed by atoms with Crippen LogP contribution in [0.4, 0.5) is 0 Å². The van der Waals surface area contributed by atoms with Gasteiger partial charge < -0.3 is 22.9 Å². The van der Waals surface area contributed by atoms with Gasteiger partial charge in [-0.15, -0.1) is 0 Å². The number of amides is 2. The van der Waals surface area contributed by atoms with E-state index in [-0.39, 0.29) is 5.96 Å². The molecule has 1 unspecified atom stereocenters. The Labute approximate surface area is 129 Å². The van der Waals surface area contributed by atoms with E-state index in [1.807, 2.05) is 30.3 Å². The van der Waals surface area contributed by atoms with E-state index >= 15 is 0 Å². The quantitative estimate of drug-likeness (QED) is 0.276. The predicted molar refractivity (Wildman–Crippen MR) is 85.4 cm³/mol. The number of rotatable bonds is 9. The summed E-state index contributed by atoms with van der Waals surface area (Å²) in [5.41, 5.74) is 22.3. The molecule has 0 heterocycles. The number of primary amides is 2. The molecule has 0 spiro atoms. The Balaban J connectivity index is 2.77. The summed E-state index contributed by atoms with van der Waals surface area (Å²) >= 11 is 0. The highest BCUT2D eigenvalue weighted by atomic mass is 16.2. The van der Waals surface area contributed by atoms with Crippen molar-refractivity contribution in [2.24, 2.45) is 39.8 Å². The summed E-state index contributed by atoms with van der Waals surface area (Å²) in [5.74, 6) is -2.35. The molecule has 7 nitrogen and oxygen atoms in total. The number of benzene rings is 1. The molecule has 0 aliphatic carbocycles. The average molecular weight is 305 g/mol. The van der Waals surface area contributed by atoms with Gasteiger partial charge in [0.1, 0.15) is 0 Å². The fourth-order valence-electron chi connectivity index (χ4n) is 2.37. The number of nitrogens with two attached hydrogens (primary N) is 4. The summed E-state index contributed by atoms with van der Waals surface area (Å²) in [7, 11) is 0. The number of aliphatic imine (C=N–C) groups is 1. The van der Waals surface area contributed by atoms with E-state index in [1.165, 1.54) is 0 Å². The molecule has 0 bridgehead atoms. The van der Waals surface area contributed by atoms with Gasteiger partial charge in [0.2, 0.25) is 11.8 Å². The topological polar surface area (TPSA) is 151 Å². The Morgan fingerprint density at radius 1 is 0.955 bits per heavy atom. The third-order valence-corrected chi connectivity index (χ3v) is 3.48. The molecule has 7 heteroatoms. The van der Waals surface area contributed by atoms with Crippen LogP contribution in [0, 0.1) is 11.8 Å². The Kier molecular flexibility index (Phi) is 6.88. The van der Waals surface area contributed by atoms with Gasteiger partial charge in [0.15, 0.2) is 5.96 Å². The highest BCUT2D eigenvalue weighted by Crippen LogP contribution is 2.22. The number of guanidine groups is 1. The summed E-state index contributed by atoms with van der Waals surface area (Å²) in [5, 5.41) is 0. The lowest BCUT2D eigenvalue weighted by Crippen LogP contribution is -2.39.